The van der Waals surface area contributed by atoms with Crippen molar-refractivity contribution in [1.82, 2.24) is 21.1 Å². The summed E-state index contributed by atoms with van der Waals surface area (Å²) in [7, 11) is 1.56. The minimum atomic E-state index is -1.20. The van der Waals surface area contributed by atoms with Gasteiger partial charge in [-0.25, -0.2) is 4.79 Å². The fourth-order valence-corrected chi connectivity index (χ4v) is 2.75. The fourth-order valence-electron chi connectivity index (χ4n) is 2.58. The van der Waals surface area contributed by atoms with Crippen LogP contribution < -0.4 is 20.8 Å². The predicted octanol–water partition coefficient (Wildman–Crippen LogP) is 1.63. The van der Waals surface area contributed by atoms with Gasteiger partial charge in [-0.1, -0.05) is 12.1 Å². The number of ether oxygens (including phenoxy) is 1. The zero-order valence-electron chi connectivity index (χ0n) is 14.2. The number of nitrogens with zero attached hydrogens (tertiary/aromatic N) is 1. The van der Waals surface area contributed by atoms with Crippen molar-refractivity contribution in [3.63, 3.8) is 0 Å². The Morgan fingerprint density at radius 3 is 2.65 bits per heavy atom. The normalized spacial score (nSPS) is 19.2. The number of methoxy groups -OCH3 is 1. The van der Waals surface area contributed by atoms with Gasteiger partial charge in [0.1, 0.15) is 17.0 Å². The molecule has 26 heavy (non-hydrogen) atoms. The second kappa shape index (κ2) is 7.04. The van der Waals surface area contributed by atoms with Crippen molar-refractivity contribution in [3.8, 4) is 5.75 Å². The van der Waals surface area contributed by atoms with Gasteiger partial charge in [0.15, 0.2) is 5.11 Å². The van der Waals surface area contributed by atoms with Crippen molar-refractivity contribution >= 4 is 29.3 Å². The summed E-state index contributed by atoms with van der Waals surface area (Å²) in [6.07, 6.45) is 1.55. The molecule has 0 saturated carbocycles. The molecule has 2 aromatic rings. The molecule has 3 amide bonds. The predicted molar refractivity (Wildman–Crippen MR) is 97.0 cm³/mol. The molecule has 1 aliphatic rings. The number of imide groups is 1. The number of rotatable bonds is 5. The number of hydrogen-bond donors (Lipinski definition) is 3. The summed E-state index contributed by atoms with van der Waals surface area (Å²) in [4.78, 5) is 25.1. The van der Waals surface area contributed by atoms with Crippen LogP contribution in [0.25, 0.3) is 0 Å². The lowest BCUT2D eigenvalue weighted by Gasteiger charge is -2.22. The highest BCUT2D eigenvalue weighted by molar-refractivity contribution is 7.80. The lowest BCUT2D eigenvalue weighted by Crippen LogP contribution is -2.51. The van der Waals surface area contributed by atoms with Gasteiger partial charge < -0.3 is 19.8 Å². The molecule has 1 aromatic carbocycles. The summed E-state index contributed by atoms with van der Waals surface area (Å²) in [5, 5.41) is 6.55. The van der Waals surface area contributed by atoms with Crippen molar-refractivity contribution < 1.29 is 18.7 Å². The summed E-state index contributed by atoms with van der Waals surface area (Å²) < 4.78 is 10.3. The number of nitrogens with one attached hydrogen (secondary N) is 3. The molecular formula is C17H18N4O4S. The van der Waals surface area contributed by atoms with Crippen LogP contribution in [0, 0.1) is 0 Å². The third kappa shape index (κ3) is 3.33. The van der Waals surface area contributed by atoms with Gasteiger partial charge >= 0.3 is 6.03 Å². The van der Waals surface area contributed by atoms with Crippen molar-refractivity contribution in [2.75, 3.05) is 7.11 Å². The molecule has 9 heteroatoms. The van der Waals surface area contributed by atoms with Crippen molar-refractivity contribution in [2.24, 2.45) is 0 Å². The summed E-state index contributed by atoms with van der Waals surface area (Å²) in [6, 6.07) is 9.87. The van der Waals surface area contributed by atoms with Crippen LogP contribution in [0.5, 0.6) is 5.75 Å². The van der Waals surface area contributed by atoms with E-state index in [1.807, 2.05) is 0 Å². The standard InChI is InChI=1S/C17H18N4O4S/c1-17(11-5-7-12(24-2)8-6-11)14(22)21(16(23)19-17)20-15(26)18-10-13-4-3-9-25-13/h3-9H,10H2,1-2H3,(H,19,23)(H2,18,20,26)/t17-/m0/s1. The Hall–Kier alpha value is -3.07. The number of hydrazine groups is 1. The zero-order valence-corrected chi connectivity index (χ0v) is 15.1. The van der Waals surface area contributed by atoms with Gasteiger partial charge in [-0.05, 0) is 49.0 Å². The third-order valence-corrected chi connectivity index (χ3v) is 4.31. The molecule has 0 aliphatic carbocycles. The van der Waals surface area contributed by atoms with Crippen molar-refractivity contribution in [1.29, 1.82) is 0 Å². The number of carbonyl (C=O) groups excluding carboxylic acids is 2. The number of furan rings is 1. The van der Waals surface area contributed by atoms with Crippen LogP contribution in [0.2, 0.25) is 0 Å². The van der Waals surface area contributed by atoms with E-state index in [0.717, 1.165) is 5.01 Å². The SMILES string of the molecule is COc1ccc([C@]2(C)NC(=O)N(NC(=S)NCc3ccco3)C2=O)cc1. The lowest BCUT2D eigenvalue weighted by atomic mass is 9.92. The molecule has 8 nitrogen and oxygen atoms in total. The Balaban J connectivity index is 1.68. The molecule has 3 rings (SSSR count). The van der Waals surface area contributed by atoms with Crippen LogP contribution >= 0.6 is 12.2 Å². The molecule has 0 radical (unpaired) electrons. The van der Waals surface area contributed by atoms with Crippen LogP contribution in [0.3, 0.4) is 0 Å². The van der Waals surface area contributed by atoms with Crippen molar-refractivity contribution in [3.05, 3.63) is 54.0 Å². The molecule has 3 N–H and O–H groups in total. The van der Waals surface area contributed by atoms with Gasteiger partial charge in [-0.2, -0.15) is 5.01 Å². The highest BCUT2D eigenvalue weighted by atomic mass is 32.1. The first-order valence-corrected chi connectivity index (χ1v) is 8.23. The van der Waals surface area contributed by atoms with Gasteiger partial charge in [0.05, 0.1) is 19.9 Å². The molecular weight excluding hydrogens is 356 g/mol. The second-order valence-corrected chi connectivity index (χ2v) is 6.21. The van der Waals surface area contributed by atoms with Crippen LogP contribution in [-0.2, 0) is 16.9 Å². The summed E-state index contributed by atoms with van der Waals surface area (Å²) in [6.45, 7) is 1.97. The summed E-state index contributed by atoms with van der Waals surface area (Å²) in [5.41, 5.74) is 2.05. The smallest absolute Gasteiger partial charge is 0.344 e. The maximum absolute atomic E-state index is 12.8. The average molecular weight is 374 g/mol. The molecule has 0 unspecified atom stereocenters. The second-order valence-electron chi connectivity index (χ2n) is 5.80. The summed E-state index contributed by atoms with van der Waals surface area (Å²) >= 11 is 5.14. The molecule has 1 aliphatic heterocycles. The maximum atomic E-state index is 12.8. The van der Waals surface area contributed by atoms with Gasteiger partial charge in [-0.3, -0.25) is 10.2 Å². The van der Waals surface area contributed by atoms with E-state index in [1.54, 1.807) is 56.7 Å². The first-order valence-electron chi connectivity index (χ1n) is 7.82. The molecule has 136 valence electrons. The van der Waals surface area contributed by atoms with E-state index >= 15 is 0 Å². The number of hydrogen-bond acceptors (Lipinski definition) is 5. The van der Waals surface area contributed by atoms with Crippen LogP contribution in [0.1, 0.15) is 18.2 Å². The van der Waals surface area contributed by atoms with Crippen LogP contribution in [0.15, 0.2) is 47.1 Å². The fraction of sp³-hybridized carbons (Fsp3) is 0.235. The first kappa shape index (κ1) is 17.7. The molecule has 0 spiro atoms. The minimum Gasteiger partial charge on any atom is -0.497 e. The number of benzene rings is 1. The van der Waals surface area contributed by atoms with Crippen molar-refractivity contribution in [2.45, 2.75) is 19.0 Å². The molecule has 0 bridgehead atoms. The monoisotopic (exact) mass is 374 g/mol. The van der Waals surface area contributed by atoms with Gasteiger partial charge in [0.25, 0.3) is 5.91 Å². The van der Waals surface area contributed by atoms with E-state index in [1.165, 1.54) is 0 Å². The molecule has 1 fully saturated rings. The molecule has 1 aromatic heterocycles. The third-order valence-electron chi connectivity index (χ3n) is 4.07. The van der Waals surface area contributed by atoms with Crippen LogP contribution in [-0.4, -0.2) is 29.2 Å². The van der Waals surface area contributed by atoms with Gasteiger partial charge in [-0.15, -0.1) is 0 Å². The highest BCUT2D eigenvalue weighted by Gasteiger charge is 2.49. The lowest BCUT2D eigenvalue weighted by molar-refractivity contribution is -0.132. The number of amides is 3. The number of urea groups is 1. The molecule has 1 atom stereocenters. The Kier molecular flexibility index (Phi) is 4.81. The first-order chi connectivity index (χ1) is 12.4. The average Bonchev–Trinajstić information content (AvgIpc) is 3.23. The van der Waals surface area contributed by atoms with Gasteiger partial charge in [0, 0.05) is 0 Å². The Bertz CT molecular complexity index is 822. The van der Waals surface area contributed by atoms with E-state index in [0.29, 0.717) is 23.6 Å². The van der Waals surface area contributed by atoms with Gasteiger partial charge in [0.2, 0.25) is 0 Å². The Morgan fingerprint density at radius 2 is 2.04 bits per heavy atom. The Morgan fingerprint density at radius 1 is 1.31 bits per heavy atom. The largest absolute Gasteiger partial charge is 0.497 e. The van der Waals surface area contributed by atoms with E-state index < -0.39 is 17.5 Å². The van der Waals surface area contributed by atoms with E-state index in [-0.39, 0.29) is 5.11 Å². The maximum Gasteiger partial charge on any atom is 0.344 e. The molecule has 1 saturated heterocycles. The molecule has 2 heterocycles. The van der Waals surface area contributed by atoms with E-state index in [9.17, 15) is 9.59 Å². The number of thiocarbonyl (C=S) groups is 1. The quantitative estimate of drug-likeness (QED) is 0.541. The number of carbonyl (C=O) groups is 2. The topological polar surface area (TPSA) is 95.8 Å². The minimum absolute atomic E-state index is 0.129. The van der Waals surface area contributed by atoms with E-state index in [4.69, 9.17) is 21.4 Å². The highest BCUT2D eigenvalue weighted by Crippen LogP contribution is 2.29. The Labute approximate surface area is 155 Å². The van der Waals surface area contributed by atoms with Crippen LogP contribution in [0.4, 0.5) is 4.79 Å². The van der Waals surface area contributed by atoms with E-state index in [2.05, 4.69) is 16.1 Å². The zero-order chi connectivity index (χ0) is 18.7. The summed E-state index contributed by atoms with van der Waals surface area (Å²) in [5.74, 6) is 0.872.